The molecule has 0 amide bonds. The summed E-state index contributed by atoms with van der Waals surface area (Å²) < 4.78 is 15.8. The number of hydrogen-bond donors (Lipinski definition) is 2. The van der Waals surface area contributed by atoms with E-state index in [4.69, 9.17) is 25.8 Å². The Bertz CT molecular complexity index is 953. The van der Waals surface area contributed by atoms with Crippen LogP contribution in [0.1, 0.15) is 0 Å². The van der Waals surface area contributed by atoms with E-state index in [0.717, 1.165) is 11.4 Å². The van der Waals surface area contributed by atoms with Crippen LogP contribution in [-0.2, 0) is 0 Å². The fraction of sp³-hybridized carbons (Fsp3) is 0.118. The summed E-state index contributed by atoms with van der Waals surface area (Å²) in [6.45, 7) is 0.223. The van der Waals surface area contributed by atoms with Crippen molar-refractivity contribution < 1.29 is 14.2 Å². The first-order valence-electron chi connectivity index (χ1n) is 7.68. The Morgan fingerprint density at radius 2 is 1.85 bits per heavy atom. The molecule has 1 aliphatic rings. The molecule has 0 radical (unpaired) electrons. The minimum Gasteiger partial charge on any atom is -0.495 e. The maximum atomic E-state index is 6.13. The Balaban J connectivity index is 1.50. The van der Waals surface area contributed by atoms with Crippen LogP contribution < -0.4 is 24.8 Å². The molecule has 2 aromatic carbocycles. The molecule has 4 rings (SSSR count). The molecule has 0 bridgehead atoms. The highest BCUT2D eigenvalue weighted by atomic mass is 35.5. The minimum atomic E-state index is 0.223. The third-order valence-corrected chi connectivity index (χ3v) is 3.91. The molecule has 2 heterocycles. The number of halogens is 1. The molecule has 0 spiro atoms. The van der Waals surface area contributed by atoms with Crippen LogP contribution >= 0.6 is 11.6 Å². The van der Waals surface area contributed by atoms with Gasteiger partial charge in [-0.05, 0) is 30.3 Å². The van der Waals surface area contributed by atoms with E-state index in [1.807, 2.05) is 24.3 Å². The largest absolute Gasteiger partial charge is 0.495 e. The summed E-state index contributed by atoms with van der Waals surface area (Å²) in [5.41, 5.74) is 1.52. The molecule has 9 heteroatoms. The van der Waals surface area contributed by atoms with Gasteiger partial charge in [-0.2, -0.15) is 10.1 Å². The van der Waals surface area contributed by atoms with Crippen molar-refractivity contribution in [1.29, 1.82) is 0 Å². The summed E-state index contributed by atoms with van der Waals surface area (Å²) in [4.78, 5) is 4.39. The van der Waals surface area contributed by atoms with E-state index in [2.05, 4.69) is 25.8 Å². The van der Waals surface area contributed by atoms with E-state index in [-0.39, 0.29) is 6.79 Å². The van der Waals surface area contributed by atoms with E-state index in [1.54, 1.807) is 19.2 Å². The maximum Gasteiger partial charge on any atom is 0.249 e. The van der Waals surface area contributed by atoms with Gasteiger partial charge >= 0.3 is 0 Å². The fourth-order valence-electron chi connectivity index (χ4n) is 2.41. The van der Waals surface area contributed by atoms with Gasteiger partial charge in [-0.25, -0.2) is 0 Å². The molecular weight excluding hydrogens is 358 g/mol. The third kappa shape index (κ3) is 3.40. The predicted molar refractivity (Wildman–Crippen MR) is 97.0 cm³/mol. The van der Waals surface area contributed by atoms with Crippen LogP contribution in [0.15, 0.2) is 42.6 Å². The van der Waals surface area contributed by atoms with Crippen molar-refractivity contribution in [2.75, 3.05) is 24.5 Å². The van der Waals surface area contributed by atoms with Crippen molar-refractivity contribution in [2.45, 2.75) is 0 Å². The van der Waals surface area contributed by atoms with Gasteiger partial charge in [-0.1, -0.05) is 11.6 Å². The normalized spacial score (nSPS) is 11.9. The number of rotatable bonds is 5. The van der Waals surface area contributed by atoms with E-state index in [0.29, 0.717) is 34.0 Å². The molecule has 0 saturated carbocycles. The summed E-state index contributed by atoms with van der Waals surface area (Å²) in [5, 5.41) is 14.6. The van der Waals surface area contributed by atoms with Crippen molar-refractivity contribution >= 4 is 34.7 Å². The molecule has 2 N–H and O–H groups in total. The number of anilines is 4. The molecule has 0 fully saturated rings. The molecule has 3 aromatic rings. The smallest absolute Gasteiger partial charge is 0.249 e. The number of ether oxygens (including phenoxy) is 3. The standard InChI is InChI=1S/C17H14ClN5O3/c1-24-13-4-2-10(6-12(13)18)20-16-8-19-23-17(22-16)21-11-3-5-14-15(7-11)26-9-25-14/h2-8H,9H2,1H3,(H2,20,21,22,23). The molecule has 0 unspecified atom stereocenters. The number of hydrogen-bond acceptors (Lipinski definition) is 8. The van der Waals surface area contributed by atoms with Gasteiger partial charge in [0.1, 0.15) is 5.75 Å². The summed E-state index contributed by atoms with van der Waals surface area (Å²) in [5.74, 6) is 2.84. The molecule has 8 nitrogen and oxygen atoms in total. The second-order valence-corrected chi connectivity index (χ2v) is 5.74. The second kappa shape index (κ2) is 6.93. The lowest BCUT2D eigenvalue weighted by Gasteiger charge is -2.09. The summed E-state index contributed by atoms with van der Waals surface area (Å²) in [6, 6.07) is 10.8. The first kappa shape index (κ1) is 16.2. The number of nitrogens with zero attached hydrogens (tertiary/aromatic N) is 3. The van der Waals surface area contributed by atoms with Gasteiger partial charge in [0.15, 0.2) is 17.3 Å². The first-order valence-corrected chi connectivity index (χ1v) is 8.06. The lowest BCUT2D eigenvalue weighted by Crippen LogP contribution is -2.02. The quantitative estimate of drug-likeness (QED) is 0.700. The van der Waals surface area contributed by atoms with Crippen LogP contribution in [0.2, 0.25) is 5.02 Å². The van der Waals surface area contributed by atoms with Crippen LogP contribution in [-0.4, -0.2) is 29.1 Å². The molecule has 0 atom stereocenters. The van der Waals surface area contributed by atoms with E-state index >= 15 is 0 Å². The Morgan fingerprint density at radius 1 is 1.04 bits per heavy atom. The van der Waals surface area contributed by atoms with Gasteiger partial charge in [0.2, 0.25) is 12.7 Å². The minimum absolute atomic E-state index is 0.223. The van der Waals surface area contributed by atoms with Gasteiger partial charge in [0.05, 0.1) is 18.3 Å². The first-order chi connectivity index (χ1) is 12.7. The Labute approximate surface area is 154 Å². The predicted octanol–water partition coefficient (Wildman–Crippen LogP) is 3.75. The van der Waals surface area contributed by atoms with Gasteiger partial charge in [-0.15, -0.1) is 5.10 Å². The molecule has 132 valence electrons. The number of benzene rings is 2. The van der Waals surface area contributed by atoms with Gasteiger partial charge in [-0.3, -0.25) is 0 Å². The van der Waals surface area contributed by atoms with Crippen molar-refractivity contribution in [3.05, 3.63) is 47.6 Å². The highest BCUT2D eigenvalue weighted by Crippen LogP contribution is 2.35. The van der Waals surface area contributed by atoms with Gasteiger partial charge in [0.25, 0.3) is 0 Å². The zero-order valence-electron chi connectivity index (χ0n) is 13.7. The SMILES string of the molecule is COc1ccc(Nc2cnnc(Nc3ccc4c(c3)OCO4)n2)cc1Cl. The molecule has 26 heavy (non-hydrogen) atoms. The van der Waals surface area contributed by atoms with E-state index < -0.39 is 0 Å². The summed E-state index contributed by atoms with van der Waals surface area (Å²) in [7, 11) is 1.57. The van der Waals surface area contributed by atoms with Crippen LogP contribution in [0, 0.1) is 0 Å². The average Bonchev–Trinajstić information content (AvgIpc) is 3.10. The lowest BCUT2D eigenvalue weighted by atomic mass is 10.3. The van der Waals surface area contributed by atoms with Crippen LogP contribution in [0.25, 0.3) is 0 Å². The average molecular weight is 372 g/mol. The molecule has 0 saturated heterocycles. The second-order valence-electron chi connectivity index (χ2n) is 5.33. The Hall–Kier alpha value is -3.26. The Kier molecular flexibility index (Phi) is 4.32. The zero-order chi connectivity index (χ0) is 17.9. The molecule has 0 aliphatic carbocycles. The fourth-order valence-corrected chi connectivity index (χ4v) is 2.67. The number of nitrogens with one attached hydrogen (secondary N) is 2. The van der Waals surface area contributed by atoms with Crippen molar-refractivity contribution in [2.24, 2.45) is 0 Å². The molecular formula is C17H14ClN5O3. The van der Waals surface area contributed by atoms with Crippen LogP contribution in [0.5, 0.6) is 17.2 Å². The van der Waals surface area contributed by atoms with Crippen molar-refractivity contribution in [3.63, 3.8) is 0 Å². The van der Waals surface area contributed by atoms with Gasteiger partial charge in [0, 0.05) is 17.4 Å². The monoisotopic (exact) mass is 371 g/mol. The van der Waals surface area contributed by atoms with Crippen molar-refractivity contribution in [1.82, 2.24) is 15.2 Å². The summed E-state index contributed by atoms with van der Waals surface area (Å²) >= 11 is 6.13. The number of fused-ring (bicyclic) bond motifs is 1. The lowest BCUT2D eigenvalue weighted by molar-refractivity contribution is 0.174. The van der Waals surface area contributed by atoms with Gasteiger partial charge < -0.3 is 24.8 Å². The Morgan fingerprint density at radius 3 is 2.69 bits per heavy atom. The van der Waals surface area contributed by atoms with Crippen molar-refractivity contribution in [3.8, 4) is 17.2 Å². The topological polar surface area (TPSA) is 90.4 Å². The summed E-state index contributed by atoms with van der Waals surface area (Å²) in [6.07, 6.45) is 1.52. The number of methoxy groups -OCH3 is 1. The highest BCUT2D eigenvalue weighted by Gasteiger charge is 2.13. The van der Waals surface area contributed by atoms with Crippen LogP contribution in [0.4, 0.5) is 23.1 Å². The van der Waals surface area contributed by atoms with E-state index in [9.17, 15) is 0 Å². The molecule has 1 aliphatic heterocycles. The number of aromatic nitrogens is 3. The molecule has 1 aromatic heterocycles. The van der Waals surface area contributed by atoms with E-state index in [1.165, 1.54) is 6.20 Å². The van der Waals surface area contributed by atoms with Crippen LogP contribution in [0.3, 0.4) is 0 Å². The highest BCUT2D eigenvalue weighted by molar-refractivity contribution is 6.32. The maximum absolute atomic E-state index is 6.13. The zero-order valence-corrected chi connectivity index (χ0v) is 14.4. The third-order valence-electron chi connectivity index (χ3n) is 3.61.